The van der Waals surface area contributed by atoms with E-state index >= 15 is 0 Å². The van der Waals surface area contributed by atoms with E-state index in [1.54, 1.807) is 0 Å². The summed E-state index contributed by atoms with van der Waals surface area (Å²) in [7, 11) is 0. The molecule has 1 aliphatic rings. The van der Waals surface area contributed by atoms with Gasteiger partial charge >= 0.3 is 0 Å². The number of halogens is 1. The fourth-order valence-corrected chi connectivity index (χ4v) is 2.06. The number of rotatable bonds is 3. The van der Waals surface area contributed by atoms with E-state index in [0.717, 1.165) is 31.8 Å². The summed E-state index contributed by atoms with van der Waals surface area (Å²) in [6.07, 6.45) is 3.53. The van der Waals surface area contributed by atoms with Crippen molar-refractivity contribution in [1.82, 2.24) is 4.90 Å². The van der Waals surface area contributed by atoms with E-state index in [0.29, 0.717) is 0 Å². The maximum absolute atomic E-state index is 11.9. The Kier molecular flexibility index (Phi) is 7.00. The Balaban J connectivity index is 0.00000225. The molecule has 1 unspecified atom stereocenters. The second-order valence-corrected chi connectivity index (χ2v) is 4.95. The summed E-state index contributed by atoms with van der Waals surface area (Å²) in [5.74, 6) is 1.19. The van der Waals surface area contributed by atoms with Crippen LogP contribution in [-0.4, -0.2) is 29.9 Å². The van der Waals surface area contributed by atoms with Crippen LogP contribution in [0.4, 0.5) is 0 Å². The molecule has 0 saturated carbocycles. The molecule has 0 aromatic carbocycles. The number of likely N-dealkylation sites (tertiary alicyclic amines) is 1. The lowest BCUT2D eigenvalue weighted by atomic mass is 9.93. The highest BCUT2D eigenvalue weighted by molar-refractivity contribution is 5.85. The summed E-state index contributed by atoms with van der Waals surface area (Å²) in [6.45, 7) is 8.03. The lowest BCUT2D eigenvalue weighted by Gasteiger charge is -2.33. The van der Waals surface area contributed by atoms with Gasteiger partial charge in [-0.1, -0.05) is 27.2 Å². The maximum atomic E-state index is 11.9. The Hall–Kier alpha value is -0.280. The molecule has 1 rings (SSSR count). The average molecular weight is 249 g/mol. The smallest absolute Gasteiger partial charge is 0.239 e. The Morgan fingerprint density at radius 3 is 2.25 bits per heavy atom. The van der Waals surface area contributed by atoms with Crippen LogP contribution in [0.1, 0.15) is 40.0 Å². The van der Waals surface area contributed by atoms with Crippen LogP contribution in [0.2, 0.25) is 0 Å². The molecule has 1 aliphatic heterocycles. The minimum absolute atomic E-state index is 0. The second kappa shape index (κ2) is 7.13. The zero-order valence-electron chi connectivity index (χ0n) is 10.6. The molecule has 1 saturated heterocycles. The Labute approximate surface area is 105 Å². The highest BCUT2D eigenvalue weighted by Gasteiger charge is 2.26. The van der Waals surface area contributed by atoms with Gasteiger partial charge in [0.25, 0.3) is 0 Å². The topological polar surface area (TPSA) is 46.3 Å². The molecule has 2 N–H and O–H groups in total. The first kappa shape index (κ1) is 15.7. The first-order valence-electron chi connectivity index (χ1n) is 6.10. The third-order valence-electron chi connectivity index (χ3n) is 3.51. The van der Waals surface area contributed by atoms with Crippen LogP contribution in [0.5, 0.6) is 0 Å². The highest BCUT2D eigenvalue weighted by Crippen LogP contribution is 2.20. The van der Waals surface area contributed by atoms with Crippen molar-refractivity contribution in [2.24, 2.45) is 17.6 Å². The van der Waals surface area contributed by atoms with Crippen LogP contribution in [0.3, 0.4) is 0 Å². The number of nitrogens with zero attached hydrogens (tertiary/aromatic N) is 1. The summed E-state index contributed by atoms with van der Waals surface area (Å²) in [4.78, 5) is 13.9. The summed E-state index contributed by atoms with van der Waals surface area (Å²) < 4.78 is 0. The van der Waals surface area contributed by atoms with Gasteiger partial charge in [-0.05, 0) is 24.7 Å². The Morgan fingerprint density at radius 2 is 1.88 bits per heavy atom. The number of amides is 1. The molecule has 3 nitrogen and oxygen atoms in total. The van der Waals surface area contributed by atoms with Gasteiger partial charge in [-0.15, -0.1) is 12.4 Å². The molecular formula is C12H25ClN2O. The lowest BCUT2D eigenvalue weighted by Crippen LogP contribution is -2.49. The van der Waals surface area contributed by atoms with E-state index < -0.39 is 0 Å². The van der Waals surface area contributed by atoms with E-state index in [-0.39, 0.29) is 30.3 Å². The zero-order valence-corrected chi connectivity index (χ0v) is 11.4. The van der Waals surface area contributed by atoms with Crippen molar-refractivity contribution in [2.75, 3.05) is 13.1 Å². The number of nitrogens with two attached hydrogens (primary N) is 1. The van der Waals surface area contributed by atoms with Gasteiger partial charge in [0.1, 0.15) is 0 Å². The van der Waals surface area contributed by atoms with Crippen molar-refractivity contribution in [1.29, 1.82) is 0 Å². The number of hydrogen-bond donors (Lipinski definition) is 1. The maximum Gasteiger partial charge on any atom is 0.239 e. The van der Waals surface area contributed by atoms with E-state index in [1.807, 2.05) is 18.7 Å². The fraction of sp³-hybridized carbons (Fsp3) is 0.917. The first-order valence-corrected chi connectivity index (χ1v) is 6.10. The van der Waals surface area contributed by atoms with Crippen molar-refractivity contribution in [3.63, 3.8) is 0 Å². The SMILES string of the molecule is CCC1CCN(C(=O)C(N)C(C)C)CC1.Cl. The van der Waals surface area contributed by atoms with Crippen molar-refractivity contribution < 1.29 is 4.79 Å². The van der Waals surface area contributed by atoms with Crippen LogP contribution in [0.15, 0.2) is 0 Å². The van der Waals surface area contributed by atoms with Crippen LogP contribution < -0.4 is 5.73 Å². The van der Waals surface area contributed by atoms with Crippen molar-refractivity contribution in [3.05, 3.63) is 0 Å². The van der Waals surface area contributed by atoms with Gasteiger partial charge in [0.05, 0.1) is 6.04 Å². The molecule has 0 aromatic rings. The molecule has 1 heterocycles. The fourth-order valence-electron chi connectivity index (χ4n) is 2.06. The minimum atomic E-state index is -0.317. The largest absolute Gasteiger partial charge is 0.341 e. The molecule has 1 atom stereocenters. The monoisotopic (exact) mass is 248 g/mol. The van der Waals surface area contributed by atoms with E-state index in [4.69, 9.17) is 5.73 Å². The highest BCUT2D eigenvalue weighted by atomic mass is 35.5. The van der Waals surface area contributed by atoms with Gasteiger partial charge in [-0.3, -0.25) is 4.79 Å². The van der Waals surface area contributed by atoms with Crippen molar-refractivity contribution in [2.45, 2.75) is 46.1 Å². The average Bonchev–Trinajstić information content (AvgIpc) is 2.27. The van der Waals surface area contributed by atoms with Gasteiger partial charge in [-0.2, -0.15) is 0 Å². The number of hydrogen-bond acceptors (Lipinski definition) is 2. The number of carbonyl (C=O) groups excluding carboxylic acids is 1. The molecule has 0 radical (unpaired) electrons. The molecule has 1 fully saturated rings. The van der Waals surface area contributed by atoms with Gasteiger partial charge in [-0.25, -0.2) is 0 Å². The lowest BCUT2D eigenvalue weighted by molar-refractivity contribution is -0.135. The van der Waals surface area contributed by atoms with Crippen molar-refractivity contribution in [3.8, 4) is 0 Å². The Bertz CT molecular complexity index is 213. The normalized spacial score (nSPS) is 19.4. The summed E-state index contributed by atoms with van der Waals surface area (Å²) in [6, 6.07) is -0.317. The van der Waals surface area contributed by atoms with Gasteiger partial charge < -0.3 is 10.6 Å². The summed E-state index contributed by atoms with van der Waals surface area (Å²) >= 11 is 0. The second-order valence-electron chi connectivity index (χ2n) is 4.95. The predicted molar refractivity (Wildman–Crippen MR) is 69.7 cm³/mol. The third kappa shape index (κ3) is 3.95. The van der Waals surface area contributed by atoms with Crippen LogP contribution >= 0.6 is 12.4 Å². The number of carbonyl (C=O) groups is 1. The predicted octanol–water partition coefficient (Wildman–Crippen LogP) is 2.04. The summed E-state index contributed by atoms with van der Waals surface area (Å²) in [5.41, 5.74) is 5.87. The standard InChI is InChI=1S/C12H24N2O.ClH/c1-4-10-5-7-14(8-6-10)12(15)11(13)9(2)3;/h9-11H,4-8,13H2,1-3H3;1H. The van der Waals surface area contributed by atoms with Gasteiger partial charge in [0.15, 0.2) is 0 Å². The van der Waals surface area contributed by atoms with E-state index in [2.05, 4.69) is 6.92 Å². The molecule has 0 bridgehead atoms. The van der Waals surface area contributed by atoms with Gasteiger partial charge in [0, 0.05) is 13.1 Å². The quantitative estimate of drug-likeness (QED) is 0.831. The van der Waals surface area contributed by atoms with E-state index in [1.165, 1.54) is 6.42 Å². The molecule has 0 spiro atoms. The molecule has 0 aliphatic carbocycles. The molecular weight excluding hydrogens is 224 g/mol. The molecule has 4 heteroatoms. The molecule has 96 valence electrons. The van der Waals surface area contributed by atoms with Crippen molar-refractivity contribution >= 4 is 18.3 Å². The van der Waals surface area contributed by atoms with Crippen LogP contribution in [-0.2, 0) is 4.79 Å². The molecule has 0 aromatic heterocycles. The van der Waals surface area contributed by atoms with E-state index in [9.17, 15) is 4.79 Å². The van der Waals surface area contributed by atoms with Crippen LogP contribution in [0.25, 0.3) is 0 Å². The first-order chi connectivity index (χ1) is 7.06. The third-order valence-corrected chi connectivity index (χ3v) is 3.51. The van der Waals surface area contributed by atoms with Crippen LogP contribution in [0, 0.1) is 11.8 Å². The van der Waals surface area contributed by atoms with Gasteiger partial charge in [0.2, 0.25) is 5.91 Å². The minimum Gasteiger partial charge on any atom is -0.341 e. The molecule has 16 heavy (non-hydrogen) atoms. The zero-order chi connectivity index (χ0) is 11.4. The summed E-state index contributed by atoms with van der Waals surface area (Å²) in [5, 5.41) is 0. The number of piperidine rings is 1. The Morgan fingerprint density at radius 1 is 1.38 bits per heavy atom. The molecule has 1 amide bonds.